The van der Waals surface area contributed by atoms with Crippen LogP contribution in [0.4, 0.5) is 4.79 Å². The van der Waals surface area contributed by atoms with Gasteiger partial charge in [-0.15, -0.1) is 0 Å². The van der Waals surface area contributed by atoms with Crippen molar-refractivity contribution in [1.29, 1.82) is 0 Å². The van der Waals surface area contributed by atoms with Gasteiger partial charge in [-0.25, -0.2) is 9.31 Å². The van der Waals surface area contributed by atoms with Crippen molar-refractivity contribution in [3.05, 3.63) is 33.9 Å². The molecule has 0 saturated carbocycles. The van der Waals surface area contributed by atoms with E-state index in [2.05, 4.69) is 10.1 Å². The van der Waals surface area contributed by atoms with Gasteiger partial charge < -0.3 is 9.72 Å². The van der Waals surface area contributed by atoms with Gasteiger partial charge in [0.1, 0.15) is 11.2 Å². The van der Waals surface area contributed by atoms with E-state index in [1.54, 1.807) is 9.42 Å². The van der Waals surface area contributed by atoms with Crippen LogP contribution in [0.5, 0.6) is 0 Å². The Morgan fingerprint density at radius 2 is 2.08 bits per heavy atom. The third-order valence-corrected chi connectivity index (χ3v) is 4.13. The number of aromatic amines is 1. The summed E-state index contributed by atoms with van der Waals surface area (Å²) in [7, 11) is 0. The van der Waals surface area contributed by atoms with E-state index in [1.807, 2.05) is 33.8 Å². The number of rotatable bonds is 1. The smallest absolute Gasteiger partial charge is 0.410 e. The Labute approximate surface area is 140 Å². The largest absolute Gasteiger partial charge is 0.444 e. The Morgan fingerprint density at radius 1 is 1.33 bits per heavy atom. The van der Waals surface area contributed by atoms with E-state index < -0.39 is 5.60 Å². The third-order valence-electron chi connectivity index (χ3n) is 4.13. The summed E-state index contributed by atoms with van der Waals surface area (Å²) in [6.07, 6.45) is 2.52. The summed E-state index contributed by atoms with van der Waals surface area (Å²) < 4.78 is 7.25. The second-order valence-corrected chi connectivity index (χ2v) is 7.33. The highest BCUT2D eigenvalue weighted by Gasteiger charge is 2.33. The number of hydrogen-bond donors (Lipinski definition) is 1. The lowest BCUT2D eigenvalue weighted by atomic mass is 10.00. The maximum absolute atomic E-state index is 12.5. The first-order chi connectivity index (χ1) is 11.2. The molecule has 1 fully saturated rings. The molecule has 0 aliphatic carbocycles. The molecule has 2 aromatic rings. The van der Waals surface area contributed by atoms with Crippen LogP contribution in [0.2, 0.25) is 0 Å². The third kappa shape index (κ3) is 3.29. The van der Waals surface area contributed by atoms with E-state index >= 15 is 0 Å². The number of H-pyrrole nitrogens is 1. The number of nitrogens with one attached hydrogen (secondary N) is 1. The number of piperidine rings is 1. The van der Waals surface area contributed by atoms with Crippen LogP contribution in [0.15, 0.2) is 16.9 Å². The van der Waals surface area contributed by atoms with Crippen molar-refractivity contribution in [2.24, 2.45) is 0 Å². The SMILES string of the molecule is Cc1cc(=O)[nH]c2cc([C@@H]3CCCCN3C(=O)OC(C)(C)C)nn12. The molecule has 1 aliphatic rings. The van der Waals surface area contributed by atoms with E-state index in [0.29, 0.717) is 12.2 Å². The number of nitrogens with zero attached hydrogens (tertiary/aromatic N) is 3. The molecule has 1 saturated heterocycles. The fourth-order valence-corrected chi connectivity index (χ4v) is 3.11. The average molecular weight is 332 g/mol. The standard InChI is InChI=1S/C17H24N4O3/c1-11-9-15(22)18-14-10-12(19-21(11)14)13-7-5-6-8-20(13)16(23)24-17(2,3)4/h9-10,13H,5-8H2,1-4H3,(H,18,22)/t13-/m0/s1. The second-order valence-electron chi connectivity index (χ2n) is 7.33. The number of aryl methyl sites for hydroxylation is 1. The van der Waals surface area contributed by atoms with Crippen LogP contribution < -0.4 is 5.56 Å². The van der Waals surface area contributed by atoms with Crippen LogP contribution in [0, 0.1) is 6.92 Å². The predicted molar refractivity (Wildman–Crippen MR) is 90.1 cm³/mol. The first-order valence-corrected chi connectivity index (χ1v) is 8.34. The minimum absolute atomic E-state index is 0.128. The van der Waals surface area contributed by atoms with Crippen LogP contribution in [0.25, 0.3) is 5.65 Å². The minimum atomic E-state index is -0.528. The van der Waals surface area contributed by atoms with Crippen LogP contribution in [0.1, 0.15) is 57.5 Å². The molecule has 2 aromatic heterocycles. The van der Waals surface area contributed by atoms with Gasteiger partial charge in [0.15, 0.2) is 0 Å². The highest BCUT2D eigenvalue weighted by molar-refractivity contribution is 5.69. The first kappa shape index (κ1) is 16.5. The predicted octanol–water partition coefficient (Wildman–Crippen LogP) is 2.79. The number of carbonyl (C=O) groups excluding carboxylic acids is 1. The molecule has 0 aromatic carbocycles. The van der Waals surface area contributed by atoms with Gasteiger partial charge in [0.05, 0.1) is 11.7 Å². The molecule has 0 radical (unpaired) electrons. The zero-order valence-corrected chi connectivity index (χ0v) is 14.6. The maximum atomic E-state index is 12.5. The van der Waals surface area contributed by atoms with Gasteiger partial charge in [-0.1, -0.05) is 0 Å². The summed E-state index contributed by atoms with van der Waals surface area (Å²) in [4.78, 5) is 28.7. The van der Waals surface area contributed by atoms with Crippen molar-refractivity contribution in [1.82, 2.24) is 19.5 Å². The molecule has 1 aliphatic heterocycles. The molecule has 130 valence electrons. The first-order valence-electron chi connectivity index (χ1n) is 8.34. The molecule has 7 heteroatoms. The van der Waals surface area contributed by atoms with Crippen molar-refractivity contribution in [3.63, 3.8) is 0 Å². The van der Waals surface area contributed by atoms with E-state index in [9.17, 15) is 9.59 Å². The van der Waals surface area contributed by atoms with Crippen LogP contribution in [-0.2, 0) is 4.74 Å². The van der Waals surface area contributed by atoms with Gasteiger partial charge in [-0.3, -0.25) is 9.69 Å². The normalized spacial score (nSPS) is 18.8. The van der Waals surface area contributed by atoms with Gasteiger partial charge >= 0.3 is 6.09 Å². The molecule has 0 bridgehead atoms. The Bertz CT molecular complexity index is 815. The van der Waals surface area contributed by atoms with Crippen LogP contribution >= 0.6 is 0 Å². The van der Waals surface area contributed by atoms with E-state index in [-0.39, 0.29) is 17.7 Å². The maximum Gasteiger partial charge on any atom is 0.410 e. The Balaban J connectivity index is 1.95. The molecule has 3 heterocycles. The van der Waals surface area contributed by atoms with Gasteiger partial charge in [-0.2, -0.15) is 5.10 Å². The molecule has 1 atom stereocenters. The average Bonchev–Trinajstić information content (AvgIpc) is 2.89. The quantitative estimate of drug-likeness (QED) is 0.871. The Morgan fingerprint density at radius 3 is 2.79 bits per heavy atom. The summed E-state index contributed by atoms with van der Waals surface area (Å²) in [6.45, 7) is 8.09. The zero-order chi connectivity index (χ0) is 17.5. The van der Waals surface area contributed by atoms with Crippen LogP contribution in [0.3, 0.4) is 0 Å². The van der Waals surface area contributed by atoms with Gasteiger partial charge in [-0.05, 0) is 47.0 Å². The van der Waals surface area contributed by atoms with E-state index in [1.165, 1.54) is 6.07 Å². The number of fused-ring (bicyclic) bond motifs is 1. The molecular weight excluding hydrogens is 308 g/mol. The molecule has 24 heavy (non-hydrogen) atoms. The summed E-state index contributed by atoms with van der Waals surface area (Å²) in [5, 5.41) is 4.60. The zero-order valence-electron chi connectivity index (χ0n) is 14.6. The molecule has 7 nitrogen and oxygen atoms in total. The lowest BCUT2D eigenvalue weighted by Crippen LogP contribution is -2.42. The lowest BCUT2D eigenvalue weighted by Gasteiger charge is -2.35. The minimum Gasteiger partial charge on any atom is -0.444 e. The van der Waals surface area contributed by atoms with Crippen LogP contribution in [-0.4, -0.2) is 37.7 Å². The highest BCUT2D eigenvalue weighted by atomic mass is 16.6. The van der Waals surface area contributed by atoms with Crippen molar-refractivity contribution < 1.29 is 9.53 Å². The van der Waals surface area contributed by atoms with Crippen molar-refractivity contribution in [3.8, 4) is 0 Å². The lowest BCUT2D eigenvalue weighted by molar-refractivity contribution is 0.00898. The van der Waals surface area contributed by atoms with Crippen molar-refractivity contribution in [2.45, 2.75) is 58.6 Å². The molecule has 0 spiro atoms. The molecular formula is C17H24N4O3. The Kier molecular flexibility index (Phi) is 4.11. The summed E-state index contributed by atoms with van der Waals surface area (Å²) in [6, 6.07) is 3.23. The monoisotopic (exact) mass is 332 g/mol. The fraction of sp³-hybridized carbons (Fsp3) is 0.588. The number of amides is 1. The molecule has 3 rings (SSSR count). The summed E-state index contributed by atoms with van der Waals surface area (Å²) >= 11 is 0. The highest BCUT2D eigenvalue weighted by Crippen LogP contribution is 2.31. The van der Waals surface area contributed by atoms with E-state index in [0.717, 1.165) is 30.7 Å². The number of carbonyl (C=O) groups is 1. The number of aromatic nitrogens is 3. The van der Waals surface area contributed by atoms with E-state index in [4.69, 9.17) is 4.74 Å². The molecule has 1 N–H and O–H groups in total. The summed E-state index contributed by atoms with van der Waals surface area (Å²) in [5.74, 6) is 0. The van der Waals surface area contributed by atoms with Crippen molar-refractivity contribution in [2.75, 3.05) is 6.54 Å². The molecule has 0 unspecified atom stereocenters. The number of hydrogen-bond acceptors (Lipinski definition) is 4. The van der Waals surface area contributed by atoms with Gasteiger partial charge in [0.25, 0.3) is 5.56 Å². The number of ether oxygens (including phenoxy) is 1. The molecule has 1 amide bonds. The Hall–Kier alpha value is -2.31. The topological polar surface area (TPSA) is 79.7 Å². The number of likely N-dealkylation sites (tertiary alicyclic amines) is 1. The fourth-order valence-electron chi connectivity index (χ4n) is 3.11. The van der Waals surface area contributed by atoms with Gasteiger partial charge in [0.2, 0.25) is 0 Å². The second kappa shape index (κ2) is 5.96. The van der Waals surface area contributed by atoms with Gasteiger partial charge in [0, 0.05) is 24.4 Å². The van der Waals surface area contributed by atoms with Crippen molar-refractivity contribution >= 4 is 11.7 Å². The summed E-state index contributed by atoms with van der Waals surface area (Å²) in [5.41, 5.74) is 1.51.